The first kappa shape index (κ1) is 16.9. The van der Waals surface area contributed by atoms with Gasteiger partial charge in [0.15, 0.2) is 0 Å². The largest absolute Gasteiger partial charge is 0.389 e. The Bertz CT molecular complexity index is 488. The number of amides is 1. The van der Waals surface area contributed by atoms with Gasteiger partial charge in [-0.3, -0.25) is 4.79 Å². The van der Waals surface area contributed by atoms with E-state index in [1.807, 2.05) is 25.1 Å². The Morgan fingerprint density at radius 3 is 2.85 bits per heavy atom. The van der Waals surface area contributed by atoms with Gasteiger partial charge in [0.25, 0.3) is 0 Å². The summed E-state index contributed by atoms with van der Waals surface area (Å²) in [6, 6.07) is 5.93. The topological polar surface area (TPSA) is 49.8 Å². The molecule has 5 heteroatoms. The predicted molar refractivity (Wildman–Crippen MR) is 83.4 cm³/mol. The van der Waals surface area contributed by atoms with E-state index in [9.17, 15) is 9.90 Å². The zero-order valence-corrected chi connectivity index (χ0v) is 13.6. The first-order valence-electron chi connectivity index (χ1n) is 6.30. The quantitative estimate of drug-likeness (QED) is 0.807. The van der Waals surface area contributed by atoms with Crippen LogP contribution in [0.5, 0.6) is 0 Å². The molecule has 0 aliphatic heterocycles. The first-order valence-corrected chi connectivity index (χ1v) is 7.09. The molecule has 110 valence electrons. The summed E-state index contributed by atoms with van der Waals surface area (Å²) in [6.07, 6.45) is 2.58. The SMILES string of the molecule is COCC(O)CN(C)C(=O)C=Cc1ccc(C)cc1Br. The van der Waals surface area contributed by atoms with E-state index in [1.54, 1.807) is 13.1 Å². The van der Waals surface area contributed by atoms with Crippen molar-refractivity contribution in [3.8, 4) is 0 Å². The second-order valence-corrected chi connectivity index (χ2v) is 5.54. The van der Waals surface area contributed by atoms with Crippen molar-refractivity contribution in [1.82, 2.24) is 4.90 Å². The average Bonchev–Trinajstić information content (AvgIpc) is 2.37. The molecule has 1 aromatic rings. The van der Waals surface area contributed by atoms with Crippen LogP contribution >= 0.6 is 15.9 Å². The molecule has 4 nitrogen and oxygen atoms in total. The summed E-state index contributed by atoms with van der Waals surface area (Å²) in [4.78, 5) is 13.4. The van der Waals surface area contributed by atoms with Gasteiger partial charge < -0.3 is 14.7 Å². The Morgan fingerprint density at radius 1 is 1.55 bits per heavy atom. The number of nitrogens with zero attached hydrogens (tertiary/aromatic N) is 1. The van der Waals surface area contributed by atoms with Crippen LogP contribution in [0.3, 0.4) is 0 Å². The highest BCUT2D eigenvalue weighted by Gasteiger charge is 2.11. The Balaban J connectivity index is 2.62. The third kappa shape index (κ3) is 5.45. The van der Waals surface area contributed by atoms with Crippen molar-refractivity contribution in [3.63, 3.8) is 0 Å². The molecule has 0 aliphatic carbocycles. The number of hydrogen-bond donors (Lipinski definition) is 1. The number of hydrogen-bond acceptors (Lipinski definition) is 3. The van der Waals surface area contributed by atoms with Crippen molar-refractivity contribution < 1.29 is 14.6 Å². The van der Waals surface area contributed by atoms with Crippen LogP contribution in [0.2, 0.25) is 0 Å². The molecule has 0 spiro atoms. The van der Waals surface area contributed by atoms with E-state index < -0.39 is 6.10 Å². The number of carbonyl (C=O) groups excluding carboxylic acids is 1. The molecule has 1 rings (SSSR count). The van der Waals surface area contributed by atoms with Gasteiger partial charge in [-0.05, 0) is 30.2 Å². The molecule has 1 aromatic carbocycles. The predicted octanol–water partition coefficient (Wildman–Crippen LogP) is 2.24. The molecule has 1 N–H and O–H groups in total. The zero-order valence-electron chi connectivity index (χ0n) is 12.0. The lowest BCUT2D eigenvalue weighted by atomic mass is 10.1. The van der Waals surface area contributed by atoms with Crippen molar-refractivity contribution in [1.29, 1.82) is 0 Å². The summed E-state index contributed by atoms with van der Waals surface area (Å²) in [5, 5.41) is 9.58. The number of aliphatic hydroxyl groups excluding tert-OH is 1. The van der Waals surface area contributed by atoms with Crippen LogP contribution in [0.15, 0.2) is 28.7 Å². The maximum atomic E-state index is 11.9. The number of methoxy groups -OCH3 is 1. The third-order valence-electron chi connectivity index (χ3n) is 2.78. The minimum Gasteiger partial charge on any atom is -0.389 e. The monoisotopic (exact) mass is 341 g/mol. The lowest BCUT2D eigenvalue weighted by Gasteiger charge is -2.18. The normalized spacial score (nSPS) is 12.7. The molecule has 20 heavy (non-hydrogen) atoms. The second-order valence-electron chi connectivity index (χ2n) is 4.69. The number of benzene rings is 1. The van der Waals surface area contributed by atoms with E-state index in [4.69, 9.17) is 4.74 Å². The van der Waals surface area contributed by atoms with Crippen LogP contribution in [0.1, 0.15) is 11.1 Å². The van der Waals surface area contributed by atoms with Gasteiger partial charge in [-0.25, -0.2) is 0 Å². The maximum absolute atomic E-state index is 11.9. The first-order chi connectivity index (χ1) is 9.43. The Labute approximate surface area is 128 Å². The Hall–Kier alpha value is -1.17. The van der Waals surface area contributed by atoms with Crippen LogP contribution in [0.25, 0.3) is 6.08 Å². The summed E-state index contributed by atoms with van der Waals surface area (Å²) in [5.74, 6) is -0.160. The van der Waals surface area contributed by atoms with Gasteiger partial charge in [0, 0.05) is 31.3 Å². The molecule has 0 fully saturated rings. The number of likely N-dealkylation sites (N-methyl/N-ethyl adjacent to an activating group) is 1. The lowest BCUT2D eigenvalue weighted by Crippen LogP contribution is -2.35. The Kier molecular flexibility index (Phi) is 6.91. The van der Waals surface area contributed by atoms with E-state index in [2.05, 4.69) is 15.9 Å². The van der Waals surface area contributed by atoms with Crippen LogP contribution in [0, 0.1) is 6.92 Å². The van der Waals surface area contributed by atoms with Crippen molar-refractivity contribution >= 4 is 27.9 Å². The van der Waals surface area contributed by atoms with E-state index in [1.165, 1.54) is 18.1 Å². The molecule has 0 aliphatic rings. The van der Waals surface area contributed by atoms with Gasteiger partial charge in [-0.2, -0.15) is 0 Å². The number of aliphatic hydroxyl groups is 1. The van der Waals surface area contributed by atoms with E-state index >= 15 is 0 Å². The van der Waals surface area contributed by atoms with Gasteiger partial charge in [0.05, 0.1) is 12.7 Å². The van der Waals surface area contributed by atoms with E-state index in [0.29, 0.717) is 0 Å². The van der Waals surface area contributed by atoms with Crippen molar-refractivity contribution in [2.45, 2.75) is 13.0 Å². The van der Waals surface area contributed by atoms with E-state index in [0.717, 1.165) is 15.6 Å². The van der Waals surface area contributed by atoms with Gasteiger partial charge in [-0.1, -0.05) is 28.1 Å². The fourth-order valence-corrected chi connectivity index (χ4v) is 2.33. The van der Waals surface area contributed by atoms with Gasteiger partial charge in [0.1, 0.15) is 0 Å². The summed E-state index contributed by atoms with van der Waals surface area (Å²) in [5.41, 5.74) is 2.09. The summed E-state index contributed by atoms with van der Waals surface area (Å²) in [6.45, 7) is 2.46. The number of halogens is 1. The molecule has 1 amide bonds. The second kappa shape index (κ2) is 8.19. The molecule has 1 atom stereocenters. The molecule has 0 saturated carbocycles. The van der Waals surface area contributed by atoms with Gasteiger partial charge in [0.2, 0.25) is 5.91 Å². The standard InChI is InChI=1S/C15H20BrNO3/c1-11-4-5-12(14(16)8-11)6-7-15(19)17(2)9-13(18)10-20-3/h4-8,13,18H,9-10H2,1-3H3. The number of aryl methyl sites for hydroxylation is 1. The van der Waals surface area contributed by atoms with Crippen LogP contribution in [0.4, 0.5) is 0 Å². The van der Waals surface area contributed by atoms with Gasteiger partial charge in [-0.15, -0.1) is 0 Å². The lowest BCUT2D eigenvalue weighted by molar-refractivity contribution is -0.126. The molecule has 0 heterocycles. The number of carbonyl (C=O) groups is 1. The number of rotatable bonds is 6. The molecule has 0 saturated heterocycles. The molecular formula is C15H20BrNO3. The average molecular weight is 342 g/mol. The van der Waals surface area contributed by atoms with Crippen LogP contribution in [-0.4, -0.2) is 49.3 Å². The van der Waals surface area contributed by atoms with Crippen LogP contribution < -0.4 is 0 Å². The smallest absolute Gasteiger partial charge is 0.246 e. The molecule has 0 aromatic heterocycles. The highest BCUT2D eigenvalue weighted by molar-refractivity contribution is 9.10. The van der Waals surface area contributed by atoms with E-state index in [-0.39, 0.29) is 19.1 Å². The molecule has 1 unspecified atom stereocenters. The maximum Gasteiger partial charge on any atom is 0.246 e. The summed E-state index contributed by atoms with van der Waals surface area (Å²) < 4.78 is 5.78. The zero-order chi connectivity index (χ0) is 15.1. The van der Waals surface area contributed by atoms with Crippen molar-refractivity contribution in [3.05, 3.63) is 39.9 Å². The van der Waals surface area contributed by atoms with Crippen molar-refractivity contribution in [2.75, 3.05) is 27.3 Å². The number of ether oxygens (including phenoxy) is 1. The fraction of sp³-hybridized carbons (Fsp3) is 0.400. The summed E-state index contributed by atoms with van der Waals surface area (Å²) >= 11 is 3.46. The molecule has 0 radical (unpaired) electrons. The molecule has 0 bridgehead atoms. The van der Waals surface area contributed by atoms with Crippen molar-refractivity contribution in [2.24, 2.45) is 0 Å². The highest BCUT2D eigenvalue weighted by atomic mass is 79.9. The van der Waals surface area contributed by atoms with Gasteiger partial charge >= 0.3 is 0 Å². The minimum atomic E-state index is -0.673. The third-order valence-corrected chi connectivity index (χ3v) is 3.47. The highest BCUT2D eigenvalue weighted by Crippen LogP contribution is 2.19. The fourth-order valence-electron chi connectivity index (χ4n) is 1.71. The molecular weight excluding hydrogens is 322 g/mol. The van der Waals surface area contributed by atoms with Crippen LogP contribution in [-0.2, 0) is 9.53 Å². The Morgan fingerprint density at radius 2 is 2.25 bits per heavy atom. The summed E-state index contributed by atoms with van der Waals surface area (Å²) in [7, 11) is 3.16. The minimum absolute atomic E-state index is 0.160.